The average molecular weight is 375 g/mol. The van der Waals surface area contributed by atoms with E-state index in [0.717, 1.165) is 36.5 Å². The highest BCUT2D eigenvalue weighted by Crippen LogP contribution is 2.29. The van der Waals surface area contributed by atoms with Crippen LogP contribution in [-0.2, 0) is 4.79 Å². The van der Waals surface area contributed by atoms with Crippen LogP contribution < -0.4 is 10.1 Å². The van der Waals surface area contributed by atoms with Crippen LogP contribution in [0.2, 0.25) is 0 Å². The fourth-order valence-corrected chi connectivity index (χ4v) is 3.71. The predicted octanol–water partition coefficient (Wildman–Crippen LogP) is 4.29. The van der Waals surface area contributed by atoms with Crippen molar-refractivity contribution in [1.82, 2.24) is 9.88 Å². The molecule has 1 atom stereocenters. The Bertz CT molecular complexity index is 1000. The third kappa shape index (κ3) is 3.66. The molecule has 28 heavy (non-hydrogen) atoms. The first-order chi connectivity index (χ1) is 13.7. The van der Waals surface area contributed by atoms with E-state index in [1.54, 1.807) is 7.11 Å². The highest BCUT2D eigenvalue weighted by Gasteiger charge is 2.24. The predicted molar refractivity (Wildman–Crippen MR) is 114 cm³/mol. The van der Waals surface area contributed by atoms with E-state index >= 15 is 0 Å². The van der Waals surface area contributed by atoms with Gasteiger partial charge in [-0.05, 0) is 49.2 Å². The van der Waals surface area contributed by atoms with Crippen LogP contribution in [0.15, 0.2) is 60.8 Å². The zero-order chi connectivity index (χ0) is 19.5. The van der Waals surface area contributed by atoms with E-state index in [1.165, 1.54) is 16.5 Å². The number of anilines is 1. The lowest BCUT2D eigenvalue weighted by Gasteiger charge is -2.31. The van der Waals surface area contributed by atoms with Crippen LogP contribution in [0.1, 0.15) is 18.9 Å². The van der Waals surface area contributed by atoms with Gasteiger partial charge < -0.3 is 15.0 Å². The van der Waals surface area contributed by atoms with E-state index in [9.17, 15) is 4.79 Å². The molecule has 0 aliphatic carbocycles. The number of carbonyl (C=O) groups is 1. The van der Waals surface area contributed by atoms with Crippen molar-refractivity contribution in [2.45, 2.75) is 19.4 Å². The lowest BCUT2D eigenvalue weighted by molar-refractivity contribution is -0.120. The highest BCUT2D eigenvalue weighted by molar-refractivity contribution is 5.95. The maximum Gasteiger partial charge on any atom is 0.241 e. The number of nitrogens with zero attached hydrogens (tertiary/aromatic N) is 1. The fourth-order valence-electron chi connectivity index (χ4n) is 3.71. The van der Waals surface area contributed by atoms with Crippen molar-refractivity contribution in [3.63, 3.8) is 0 Å². The first kappa shape index (κ1) is 18.3. The summed E-state index contributed by atoms with van der Waals surface area (Å²) in [5, 5.41) is 4.25. The van der Waals surface area contributed by atoms with E-state index in [-0.39, 0.29) is 11.9 Å². The largest absolute Gasteiger partial charge is 0.497 e. The molecule has 1 amide bonds. The second-order valence-electron chi connectivity index (χ2n) is 7.12. The molecule has 2 heterocycles. The fraction of sp³-hybridized carbons (Fsp3) is 0.261. The number of methoxy groups -OCH3 is 1. The summed E-state index contributed by atoms with van der Waals surface area (Å²) in [7, 11) is 1.63. The van der Waals surface area contributed by atoms with E-state index in [0.29, 0.717) is 0 Å². The molecule has 2 aromatic carbocycles. The number of hydrogen-bond donors (Lipinski definition) is 2. The molecule has 0 saturated heterocycles. The molecule has 0 bridgehead atoms. The van der Waals surface area contributed by atoms with Crippen molar-refractivity contribution in [3.8, 4) is 5.75 Å². The van der Waals surface area contributed by atoms with Crippen molar-refractivity contribution in [2.24, 2.45) is 0 Å². The number of H-pyrrole nitrogens is 1. The summed E-state index contributed by atoms with van der Waals surface area (Å²) in [6, 6.07) is 15.6. The smallest absolute Gasteiger partial charge is 0.241 e. The van der Waals surface area contributed by atoms with Crippen LogP contribution in [0.25, 0.3) is 16.5 Å². The van der Waals surface area contributed by atoms with Crippen molar-refractivity contribution < 1.29 is 9.53 Å². The molecule has 144 valence electrons. The number of aromatic amines is 1. The van der Waals surface area contributed by atoms with Crippen molar-refractivity contribution >= 4 is 28.1 Å². The minimum Gasteiger partial charge on any atom is -0.497 e. The van der Waals surface area contributed by atoms with E-state index in [4.69, 9.17) is 4.74 Å². The van der Waals surface area contributed by atoms with Crippen LogP contribution in [0.3, 0.4) is 0 Å². The third-order valence-corrected chi connectivity index (χ3v) is 5.46. The minimum absolute atomic E-state index is 0.00844. The molecule has 1 aliphatic rings. The van der Waals surface area contributed by atoms with Gasteiger partial charge in [0.15, 0.2) is 0 Å². The standard InChI is InChI=1S/C23H25N3O2/c1-16(23(27)25-18-7-9-19(28-2)10-8-18)26-13-11-17(12-14-26)21-15-24-22-6-4-3-5-20(21)22/h3-11,15-16,24H,12-14H2,1-2H3,(H,25,27)/t16-/m1/s1. The molecule has 3 aromatic rings. The van der Waals surface area contributed by atoms with Crippen molar-refractivity contribution in [2.75, 3.05) is 25.5 Å². The summed E-state index contributed by atoms with van der Waals surface area (Å²) in [6.07, 6.45) is 5.27. The monoisotopic (exact) mass is 375 g/mol. The number of fused-ring (bicyclic) bond motifs is 1. The Morgan fingerprint density at radius 3 is 2.68 bits per heavy atom. The zero-order valence-corrected chi connectivity index (χ0v) is 16.2. The average Bonchev–Trinajstić information content (AvgIpc) is 3.18. The number of para-hydroxylation sites is 1. The van der Waals surface area contributed by atoms with Crippen LogP contribution in [0.4, 0.5) is 5.69 Å². The minimum atomic E-state index is -0.192. The summed E-state index contributed by atoms with van der Waals surface area (Å²) >= 11 is 0. The Kier molecular flexibility index (Phi) is 5.17. The summed E-state index contributed by atoms with van der Waals surface area (Å²) in [5.74, 6) is 0.783. The topological polar surface area (TPSA) is 57.4 Å². The number of aromatic nitrogens is 1. The first-order valence-corrected chi connectivity index (χ1v) is 9.60. The highest BCUT2D eigenvalue weighted by atomic mass is 16.5. The van der Waals surface area contributed by atoms with Crippen molar-refractivity contribution in [1.29, 1.82) is 0 Å². The molecule has 0 unspecified atom stereocenters. The Labute approximate surface area is 165 Å². The van der Waals surface area contributed by atoms with Crippen LogP contribution >= 0.6 is 0 Å². The number of benzene rings is 2. The molecule has 5 heteroatoms. The number of nitrogens with one attached hydrogen (secondary N) is 2. The van der Waals surface area contributed by atoms with Gasteiger partial charge in [0.25, 0.3) is 0 Å². The Balaban J connectivity index is 1.41. The van der Waals surface area contributed by atoms with Gasteiger partial charge in [-0.3, -0.25) is 9.69 Å². The molecular weight excluding hydrogens is 350 g/mol. The maximum atomic E-state index is 12.6. The summed E-state index contributed by atoms with van der Waals surface area (Å²) < 4.78 is 5.15. The quantitative estimate of drug-likeness (QED) is 0.699. The maximum absolute atomic E-state index is 12.6. The molecule has 2 N–H and O–H groups in total. The second kappa shape index (κ2) is 7.90. The van der Waals surface area contributed by atoms with Gasteiger partial charge in [-0.2, -0.15) is 0 Å². The molecule has 0 spiro atoms. The van der Waals surface area contributed by atoms with Gasteiger partial charge in [0.2, 0.25) is 5.91 Å². The third-order valence-electron chi connectivity index (χ3n) is 5.46. The van der Waals surface area contributed by atoms with Gasteiger partial charge in [0.05, 0.1) is 13.2 Å². The molecule has 0 saturated carbocycles. The number of ether oxygens (including phenoxy) is 1. The number of hydrogen-bond acceptors (Lipinski definition) is 3. The number of rotatable bonds is 5. The molecule has 4 rings (SSSR count). The van der Waals surface area contributed by atoms with E-state index in [2.05, 4.69) is 45.7 Å². The Morgan fingerprint density at radius 2 is 1.96 bits per heavy atom. The molecule has 5 nitrogen and oxygen atoms in total. The Hall–Kier alpha value is -3.05. The lowest BCUT2D eigenvalue weighted by Crippen LogP contribution is -2.44. The van der Waals surface area contributed by atoms with Gasteiger partial charge in [-0.25, -0.2) is 0 Å². The Morgan fingerprint density at radius 1 is 1.18 bits per heavy atom. The molecule has 0 radical (unpaired) electrons. The number of carbonyl (C=O) groups excluding carboxylic acids is 1. The molecule has 0 fully saturated rings. The SMILES string of the molecule is COc1ccc(NC(=O)[C@@H](C)N2CC=C(c3c[nH]c4ccccc34)CC2)cc1. The summed E-state index contributed by atoms with van der Waals surface area (Å²) in [5.41, 5.74) is 4.56. The number of amides is 1. The van der Waals surface area contributed by atoms with Crippen molar-refractivity contribution in [3.05, 3.63) is 66.4 Å². The molecular formula is C23H25N3O2. The summed E-state index contributed by atoms with van der Waals surface area (Å²) in [4.78, 5) is 18.2. The van der Waals surface area contributed by atoms with E-state index in [1.807, 2.05) is 37.3 Å². The van der Waals surface area contributed by atoms with Gasteiger partial charge in [-0.1, -0.05) is 24.3 Å². The van der Waals surface area contributed by atoms with Gasteiger partial charge >= 0.3 is 0 Å². The first-order valence-electron chi connectivity index (χ1n) is 9.60. The summed E-state index contributed by atoms with van der Waals surface area (Å²) in [6.45, 7) is 3.60. The van der Waals surface area contributed by atoms with Crippen LogP contribution in [0, 0.1) is 0 Å². The van der Waals surface area contributed by atoms with Gasteiger partial charge in [0, 0.05) is 41.4 Å². The van der Waals surface area contributed by atoms with Crippen LogP contribution in [0.5, 0.6) is 5.75 Å². The van der Waals surface area contributed by atoms with E-state index < -0.39 is 0 Å². The lowest BCUT2D eigenvalue weighted by atomic mass is 9.98. The second-order valence-corrected chi connectivity index (χ2v) is 7.12. The zero-order valence-electron chi connectivity index (χ0n) is 16.2. The molecule has 1 aliphatic heterocycles. The van der Waals surface area contributed by atoms with Gasteiger partial charge in [0.1, 0.15) is 5.75 Å². The normalized spacial score (nSPS) is 15.9. The van der Waals surface area contributed by atoms with Gasteiger partial charge in [-0.15, -0.1) is 0 Å². The molecule has 1 aromatic heterocycles. The van der Waals surface area contributed by atoms with Crippen LogP contribution in [-0.4, -0.2) is 42.0 Å².